The van der Waals surface area contributed by atoms with Gasteiger partial charge in [0.25, 0.3) is 0 Å². The molecule has 0 amide bonds. The van der Waals surface area contributed by atoms with Crippen molar-refractivity contribution in [3.8, 4) is 0 Å². The minimum Gasteiger partial charge on any atom is -0.481 e. The van der Waals surface area contributed by atoms with E-state index in [2.05, 4.69) is 4.90 Å². The lowest BCUT2D eigenvalue weighted by molar-refractivity contribution is -0.139. The van der Waals surface area contributed by atoms with E-state index in [0.717, 1.165) is 18.7 Å². The lowest BCUT2D eigenvalue weighted by Crippen LogP contribution is -2.48. The number of likely N-dealkylation sites (tertiary alicyclic amines) is 1. The van der Waals surface area contributed by atoms with Gasteiger partial charge in [0, 0.05) is 19.1 Å². The monoisotopic (exact) mass is 271 g/mol. The van der Waals surface area contributed by atoms with Gasteiger partial charge in [0.05, 0.1) is 11.4 Å². The lowest BCUT2D eigenvalue weighted by atomic mass is 9.92. The number of hydrogen-bond acceptors (Lipinski definition) is 2. The van der Waals surface area contributed by atoms with E-state index < -0.39 is 11.8 Å². The van der Waals surface area contributed by atoms with E-state index in [-0.39, 0.29) is 23.4 Å². The molecular formula is C13H15ClFNO2. The first-order chi connectivity index (χ1) is 8.47. The number of carboxylic acid groups (broad SMARTS) is 1. The Labute approximate surface area is 110 Å². The molecule has 1 atom stereocenters. The van der Waals surface area contributed by atoms with Crippen LogP contribution in [0.5, 0.6) is 0 Å². The third-order valence-corrected chi connectivity index (χ3v) is 3.71. The molecule has 1 saturated heterocycles. The van der Waals surface area contributed by atoms with Crippen LogP contribution in [0.25, 0.3) is 0 Å². The first kappa shape index (κ1) is 13.3. The van der Waals surface area contributed by atoms with Crippen LogP contribution in [0, 0.1) is 11.7 Å². The first-order valence-electron chi connectivity index (χ1n) is 5.88. The zero-order valence-electron chi connectivity index (χ0n) is 10.1. The highest BCUT2D eigenvalue weighted by atomic mass is 35.5. The second-order valence-electron chi connectivity index (χ2n) is 4.77. The van der Waals surface area contributed by atoms with Crippen molar-refractivity contribution in [1.82, 2.24) is 4.90 Å². The van der Waals surface area contributed by atoms with Crippen LogP contribution < -0.4 is 0 Å². The van der Waals surface area contributed by atoms with E-state index in [9.17, 15) is 9.18 Å². The summed E-state index contributed by atoms with van der Waals surface area (Å²) in [5.41, 5.74) is 0.954. The molecule has 1 aromatic rings. The molecule has 0 aliphatic carbocycles. The number of carboxylic acids is 1. The molecule has 1 heterocycles. The Hall–Kier alpha value is -1.13. The van der Waals surface area contributed by atoms with Crippen LogP contribution in [0.1, 0.15) is 24.9 Å². The fraction of sp³-hybridized carbons (Fsp3) is 0.462. The van der Waals surface area contributed by atoms with Crippen molar-refractivity contribution in [1.29, 1.82) is 0 Å². The third-order valence-electron chi connectivity index (χ3n) is 3.42. The highest BCUT2D eigenvalue weighted by Crippen LogP contribution is 2.31. The van der Waals surface area contributed by atoms with Crippen LogP contribution in [0.2, 0.25) is 5.02 Å². The van der Waals surface area contributed by atoms with Gasteiger partial charge in [0.15, 0.2) is 0 Å². The average molecular weight is 272 g/mol. The molecule has 18 heavy (non-hydrogen) atoms. The van der Waals surface area contributed by atoms with Crippen molar-refractivity contribution >= 4 is 17.6 Å². The van der Waals surface area contributed by atoms with Crippen molar-refractivity contribution in [2.75, 3.05) is 13.1 Å². The molecule has 0 radical (unpaired) electrons. The first-order valence-corrected chi connectivity index (χ1v) is 6.26. The van der Waals surface area contributed by atoms with E-state index in [0.29, 0.717) is 0 Å². The topological polar surface area (TPSA) is 40.5 Å². The van der Waals surface area contributed by atoms with Crippen LogP contribution in [-0.2, 0) is 4.79 Å². The van der Waals surface area contributed by atoms with E-state index in [4.69, 9.17) is 16.7 Å². The maximum atomic E-state index is 13.1. The van der Waals surface area contributed by atoms with Gasteiger partial charge in [-0.25, -0.2) is 4.39 Å². The molecule has 0 spiro atoms. The molecule has 1 N–H and O–H groups in total. The molecule has 1 fully saturated rings. The van der Waals surface area contributed by atoms with Gasteiger partial charge in [-0.05, 0) is 30.5 Å². The zero-order valence-corrected chi connectivity index (χ0v) is 10.8. The SMILES string of the molecule is CC(c1ccc(F)c(Cl)c1)N1CC(CC(=O)O)C1. The zero-order chi connectivity index (χ0) is 13.3. The Balaban J connectivity index is 1.95. The normalized spacial score (nSPS) is 18.4. The van der Waals surface area contributed by atoms with Crippen LogP contribution >= 0.6 is 11.6 Å². The third kappa shape index (κ3) is 2.82. The summed E-state index contributed by atoms with van der Waals surface area (Å²) >= 11 is 5.75. The summed E-state index contributed by atoms with van der Waals surface area (Å²) in [5, 5.41) is 8.81. The predicted octanol–water partition coefficient (Wildman–Crippen LogP) is 2.95. The largest absolute Gasteiger partial charge is 0.481 e. The van der Waals surface area contributed by atoms with Gasteiger partial charge in [-0.3, -0.25) is 9.69 Å². The second kappa shape index (κ2) is 5.24. The van der Waals surface area contributed by atoms with Gasteiger partial charge < -0.3 is 5.11 Å². The van der Waals surface area contributed by atoms with Crippen LogP contribution in [0.3, 0.4) is 0 Å². The van der Waals surface area contributed by atoms with Gasteiger partial charge >= 0.3 is 5.97 Å². The molecule has 1 unspecified atom stereocenters. The van der Waals surface area contributed by atoms with Gasteiger partial charge in [-0.2, -0.15) is 0 Å². The Morgan fingerprint density at radius 3 is 2.83 bits per heavy atom. The number of nitrogens with zero attached hydrogens (tertiary/aromatic N) is 1. The van der Waals surface area contributed by atoms with Crippen molar-refractivity contribution in [2.24, 2.45) is 5.92 Å². The number of hydrogen-bond donors (Lipinski definition) is 1. The molecule has 98 valence electrons. The van der Waals surface area contributed by atoms with Gasteiger partial charge in [0.2, 0.25) is 0 Å². The molecular weight excluding hydrogens is 257 g/mol. The van der Waals surface area contributed by atoms with E-state index in [1.165, 1.54) is 6.07 Å². The fourth-order valence-electron chi connectivity index (χ4n) is 2.29. The number of rotatable bonds is 4. The highest BCUT2D eigenvalue weighted by molar-refractivity contribution is 6.30. The molecule has 1 aliphatic heterocycles. The van der Waals surface area contributed by atoms with E-state index >= 15 is 0 Å². The van der Waals surface area contributed by atoms with E-state index in [1.807, 2.05) is 6.92 Å². The standard InChI is InChI=1S/C13H15ClFNO2/c1-8(10-2-3-12(15)11(14)5-10)16-6-9(7-16)4-13(17)18/h2-3,5,8-9H,4,6-7H2,1H3,(H,17,18). The van der Waals surface area contributed by atoms with Crippen LogP contribution in [0.15, 0.2) is 18.2 Å². The molecule has 0 aromatic heterocycles. The lowest BCUT2D eigenvalue weighted by Gasteiger charge is -2.43. The van der Waals surface area contributed by atoms with Gasteiger partial charge in [-0.15, -0.1) is 0 Å². The number of benzene rings is 1. The minimum absolute atomic E-state index is 0.127. The molecule has 0 bridgehead atoms. The smallest absolute Gasteiger partial charge is 0.303 e. The van der Waals surface area contributed by atoms with Crippen molar-refractivity contribution in [2.45, 2.75) is 19.4 Å². The highest BCUT2D eigenvalue weighted by Gasteiger charge is 2.32. The average Bonchev–Trinajstić information content (AvgIpc) is 2.25. The Morgan fingerprint density at radius 2 is 2.28 bits per heavy atom. The minimum atomic E-state index is -0.753. The quantitative estimate of drug-likeness (QED) is 0.915. The number of aliphatic carboxylic acids is 1. The Morgan fingerprint density at radius 1 is 1.61 bits per heavy atom. The summed E-state index contributed by atoms with van der Waals surface area (Å²) in [6.45, 7) is 3.55. The maximum absolute atomic E-state index is 13.1. The van der Waals surface area contributed by atoms with E-state index in [1.54, 1.807) is 12.1 Å². The molecule has 1 aromatic carbocycles. The molecule has 3 nitrogen and oxygen atoms in total. The van der Waals surface area contributed by atoms with Gasteiger partial charge in [-0.1, -0.05) is 17.7 Å². The summed E-state index contributed by atoms with van der Waals surface area (Å²) in [4.78, 5) is 12.7. The maximum Gasteiger partial charge on any atom is 0.303 e. The summed E-state index contributed by atoms with van der Waals surface area (Å²) < 4.78 is 13.1. The Bertz CT molecular complexity index is 460. The Kier molecular flexibility index (Phi) is 3.88. The molecule has 5 heteroatoms. The number of carbonyl (C=O) groups is 1. The van der Waals surface area contributed by atoms with Crippen molar-refractivity contribution in [3.05, 3.63) is 34.6 Å². The second-order valence-corrected chi connectivity index (χ2v) is 5.17. The van der Waals surface area contributed by atoms with Gasteiger partial charge in [0.1, 0.15) is 5.82 Å². The summed E-state index contributed by atoms with van der Waals surface area (Å²) in [6.07, 6.45) is 0.216. The summed E-state index contributed by atoms with van der Waals surface area (Å²) in [5.74, 6) is -0.946. The summed E-state index contributed by atoms with van der Waals surface area (Å²) in [7, 11) is 0. The van der Waals surface area contributed by atoms with Crippen molar-refractivity contribution in [3.63, 3.8) is 0 Å². The fourth-order valence-corrected chi connectivity index (χ4v) is 2.47. The molecule has 2 rings (SSSR count). The molecule has 1 aliphatic rings. The van der Waals surface area contributed by atoms with Crippen LogP contribution in [0.4, 0.5) is 4.39 Å². The summed E-state index contributed by atoms with van der Waals surface area (Å²) in [6, 6.07) is 4.85. The van der Waals surface area contributed by atoms with Crippen molar-refractivity contribution < 1.29 is 14.3 Å². The molecule has 0 saturated carbocycles. The predicted molar refractivity (Wildman–Crippen MR) is 67.1 cm³/mol. The number of halogens is 2. The van der Waals surface area contributed by atoms with Crippen LogP contribution in [-0.4, -0.2) is 29.1 Å².